The van der Waals surface area contributed by atoms with Crippen LogP contribution in [0.3, 0.4) is 0 Å². The first-order valence-corrected chi connectivity index (χ1v) is 5.66. The van der Waals surface area contributed by atoms with Gasteiger partial charge in [-0.05, 0) is 43.2 Å². The van der Waals surface area contributed by atoms with Gasteiger partial charge >= 0.3 is 0 Å². The maximum atomic E-state index is 8.75. The summed E-state index contributed by atoms with van der Waals surface area (Å²) in [6, 6.07) is 9.86. The Kier molecular flexibility index (Phi) is 3.24. The van der Waals surface area contributed by atoms with Gasteiger partial charge < -0.3 is 0 Å². The van der Waals surface area contributed by atoms with E-state index in [0.717, 1.165) is 11.3 Å². The molecule has 18 heavy (non-hydrogen) atoms. The zero-order valence-corrected chi connectivity index (χ0v) is 10.7. The summed E-state index contributed by atoms with van der Waals surface area (Å²) in [5.41, 5.74) is 4.34. The minimum atomic E-state index is 0.546. The summed E-state index contributed by atoms with van der Waals surface area (Å²) in [5.74, 6) is 0.546. The summed E-state index contributed by atoms with van der Waals surface area (Å²) in [6.45, 7) is 4.15. The zero-order valence-electron chi connectivity index (χ0n) is 10.7. The normalized spacial score (nSPS) is 9.89. The quantitative estimate of drug-likeness (QED) is 0.596. The number of benzene rings is 1. The molecule has 2 rings (SSSR count). The summed E-state index contributed by atoms with van der Waals surface area (Å²) < 4.78 is 0. The molecule has 0 saturated carbocycles. The van der Waals surface area contributed by atoms with Crippen LogP contribution in [0.15, 0.2) is 30.3 Å². The van der Waals surface area contributed by atoms with Crippen LogP contribution in [0.5, 0.6) is 0 Å². The highest BCUT2D eigenvalue weighted by molar-refractivity contribution is 5.61. The number of rotatable bonds is 2. The van der Waals surface area contributed by atoms with Crippen LogP contribution in [-0.4, -0.2) is 17.2 Å². The molecule has 4 nitrogen and oxygen atoms in total. The number of nitrogens with zero attached hydrogens (tertiary/aromatic N) is 4. The molecule has 1 aromatic carbocycles. The molecule has 2 aromatic rings. The Labute approximate surface area is 107 Å². The molecule has 90 valence electrons. The van der Waals surface area contributed by atoms with E-state index in [0.29, 0.717) is 5.82 Å². The van der Waals surface area contributed by atoms with Gasteiger partial charge in [0.05, 0.1) is 5.69 Å². The van der Waals surface area contributed by atoms with Crippen LogP contribution in [0.1, 0.15) is 11.1 Å². The van der Waals surface area contributed by atoms with Crippen molar-refractivity contribution in [3.63, 3.8) is 0 Å². The number of anilines is 1. The Morgan fingerprint density at radius 2 is 1.83 bits per heavy atom. The van der Waals surface area contributed by atoms with Crippen molar-refractivity contribution in [1.29, 1.82) is 5.26 Å². The van der Waals surface area contributed by atoms with Gasteiger partial charge in [-0.1, -0.05) is 12.1 Å². The summed E-state index contributed by atoms with van der Waals surface area (Å²) in [4.78, 5) is 1.37. The summed E-state index contributed by atoms with van der Waals surface area (Å²) in [6.07, 6.45) is 1.99. The predicted octanol–water partition coefficient (Wildman–Crippen LogP) is 2.68. The van der Waals surface area contributed by atoms with Crippen molar-refractivity contribution in [3.05, 3.63) is 41.5 Å². The Bertz CT molecular complexity index is 596. The second-order valence-corrected chi connectivity index (χ2v) is 4.23. The smallest absolute Gasteiger partial charge is 0.185 e. The van der Waals surface area contributed by atoms with Gasteiger partial charge in [-0.2, -0.15) is 5.26 Å². The first kappa shape index (κ1) is 12.1. The van der Waals surface area contributed by atoms with Crippen LogP contribution in [0.25, 0.3) is 11.3 Å². The lowest BCUT2D eigenvalue weighted by Gasteiger charge is -2.08. The van der Waals surface area contributed by atoms with Gasteiger partial charge in [0.2, 0.25) is 0 Å². The third-order valence-corrected chi connectivity index (χ3v) is 2.95. The van der Waals surface area contributed by atoms with Crippen molar-refractivity contribution >= 4 is 5.82 Å². The van der Waals surface area contributed by atoms with Gasteiger partial charge in [0, 0.05) is 12.6 Å². The van der Waals surface area contributed by atoms with Crippen LogP contribution < -0.4 is 4.90 Å². The summed E-state index contributed by atoms with van der Waals surface area (Å²) >= 11 is 0. The third-order valence-electron chi connectivity index (χ3n) is 2.95. The molecule has 0 radical (unpaired) electrons. The van der Waals surface area contributed by atoms with Crippen LogP contribution >= 0.6 is 0 Å². The highest BCUT2D eigenvalue weighted by Crippen LogP contribution is 2.20. The summed E-state index contributed by atoms with van der Waals surface area (Å²) in [7, 11) is 1.65. The molecule has 1 heterocycles. The first-order valence-electron chi connectivity index (χ1n) is 5.66. The maximum absolute atomic E-state index is 8.75. The largest absolute Gasteiger partial charge is 0.265 e. The maximum Gasteiger partial charge on any atom is 0.185 e. The first-order chi connectivity index (χ1) is 8.61. The molecule has 4 heteroatoms. The van der Waals surface area contributed by atoms with E-state index in [1.54, 1.807) is 13.1 Å². The minimum Gasteiger partial charge on any atom is -0.265 e. The highest BCUT2D eigenvalue weighted by Gasteiger charge is 2.05. The number of nitriles is 1. The van der Waals surface area contributed by atoms with Crippen LogP contribution in [0, 0.1) is 25.3 Å². The van der Waals surface area contributed by atoms with Crippen LogP contribution in [-0.2, 0) is 0 Å². The van der Waals surface area contributed by atoms with Gasteiger partial charge in [-0.15, -0.1) is 10.2 Å². The zero-order chi connectivity index (χ0) is 13.1. The Hall–Kier alpha value is -2.41. The SMILES string of the molecule is Cc1ccc(-c2ccc(N(C)C#N)nn2)cc1C. The molecule has 0 saturated heterocycles. The fourth-order valence-corrected chi connectivity index (χ4v) is 1.61. The van der Waals surface area contributed by atoms with Crippen molar-refractivity contribution in [2.75, 3.05) is 11.9 Å². The average Bonchev–Trinajstić information content (AvgIpc) is 2.41. The molecule has 0 amide bonds. The second kappa shape index (κ2) is 4.84. The van der Waals surface area contributed by atoms with Gasteiger partial charge in [-0.3, -0.25) is 4.90 Å². The van der Waals surface area contributed by atoms with E-state index in [1.807, 2.05) is 18.3 Å². The van der Waals surface area contributed by atoms with E-state index in [4.69, 9.17) is 5.26 Å². The van der Waals surface area contributed by atoms with E-state index in [9.17, 15) is 0 Å². The molecule has 0 aliphatic rings. The van der Waals surface area contributed by atoms with Gasteiger partial charge in [-0.25, -0.2) is 0 Å². The lowest BCUT2D eigenvalue weighted by atomic mass is 10.0. The van der Waals surface area contributed by atoms with Crippen molar-refractivity contribution in [2.24, 2.45) is 0 Å². The molecular weight excluding hydrogens is 224 g/mol. The molecular formula is C14H14N4. The predicted molar refractivity (Wildman–Crippen MR) is 71.0 cm³/mol. The van der Waals surface area contributed by atoms with Gasteiger partial charge in [0.15, 0.2) is 12.0 Å². The Morgan fingerprint density at radius 3 is 2.39 bits per heavy atom. The van der Waals surface area contributed by atoms with E-state index >= 15 is 0 Å². The number of hydrogen-bond donors (Lipinski definition) is 0. The van der Waals surface area contributed by atoms with Crippen LogP contribution in [0.2, 0.25) is 0 Å². The number of hydrogen-bond acceptors (Lipinski definition) is 4. The lowest BCUT2D eigenvalue weighted by Crippen LogP contribution is -2.10. The average molecular weight is 238 g/mol. The molecule has 0 spiro atoms. The van der Waals surface area contributed by atoms with Crippen molar-refractivity contribution < 1.29 is 0 Å². The Morgan fingerprint density at radius 1 is 1.06 bits per heavy atom. The molecule has 1 aromatic heterocycles. The topological polar surface area (TPSA) is 52.8 Å². The standard InChI is InChI=1S/C14H14N4/c1-10-4-5-12(8-11(10)2)13-6-7-14(17-16-13)18(3)9-15/h4-8H,1-3H3. The van der Waals surface area contributed by atoms with Crippen LogP contribution in [0.4, 0.5) is 5.82 Å². The number of aromatic nitrogens is 2. The molecule has 0 N–H and O–H groups in total. The molecule has 0 atom stereocenters. The highest BCUT2D eigenvalue weighted by atomic mass is 15.2. The fraction of sp³-hybridized carbons (Fsp3) is 0.214. The molecule has 0 aliphatic heterocycles. The Balaban J connectivity index is 2.35. The number of aryl methyl sites for hydroxylation is 2. The van der Waals surface area contributed by atoms with E-state index < -0.39 is 0 Å². The van der Waals surface area contributed by atoms with Gasteiger partial charge in [0.25, 0.3) is 0 Å². The molecule has 0 unspecified atom stereocenters. The minimum absolute atomic E-state index is 0.546. The van der Waals surface area contributed by atoms with Crippen molar-refractivity contribution in [2.45, 2.75) is 13.8 Å². The van der Waals surface area contributed by atoms with E-state index in [-0.39, 0.29) is 0 Å². The monoisotopic (exact) mass is 238 g/mol. The van der Waals surface area contributed by atoms with Crippen molar-refractivity contribution in [3.8, 4) is 17.5 Å². The van der Waals surface area contributed by atoms with Crippen molar-refractivity contribution in [1.82, 2.24) is 10.2 Å². The summed E-state index contributed by atoms with van der Waals surface area (Å²) in [5, 5.41) is 16.9. The third kappa shape index (κ3) is 2.30. The van der Waals surface area contributed by atoms with E-state index in [2.05, 4.69) is 36.2 Å². The lowest BCUT2D eigenvalue weighted by molar-refractivity contribution is 0.993. The fourth-order valence-electron chi connectivity index (χ4n) is 1.61. The molecule has 0 fully saturated rings. The molecule has 0 bridgehead atoms. The van der Waals surface area contributed by atoms with E-state index in [1.165, 1.54) is 16.0 Å². The molecule has 0 aliphatic carbocycles. The van der Waals surface area contributed by atoms with Gasteiger partial charge in [0.1, 0.15) is 0 Å². The second-order valence-electron chi connectivity index (χ2n) is 4.23.